The van der Waals surface area contributed by atoms with Gasteiger partial charge >= 0.3 is 5.97 Å². The van der Waals surface area contributed by atoms with E-state index < -0.39 is 17.7 Å². The Labute approximate surface area is 276 Å². The van der Waals surface area contributed by atoms with Crippen LogP contribution in [0.3, 0.4) is 0 Å². The Bertz CT molecular complexity index is 1570. The molecule has 0 radical (unpaired) electrons. The van der Waals surface area contributed by atoms with E-state index in [9.17, 15) is 14.3 Å². The summed E-state index contributed by atoms with van der Waals surface area (Å²) in [6.07, 6.45) is 1.79. The van der Waals surface area contributed by atoms with Crippen molar-refractivity contribution < 1.29 is 19.0 Å². The topological polar surface area (TPSA) is 65.9 Å². The number of anilines is 1. The van der Waals surface area contributed by atoms with Gasteiger partial charge in [0.15, 0.2) is 6.10 Å². The van der Waals surface area contributed by atoms with Crippen LogP contribution in [-0.4, -0.2) is 46.2 Å². The highest BCUT2D eigenvalue weighted by atomic mass is 79.9. The maximum Gasteiger partial charge on any atom is 0.337 e. The molecule has 8 heteroatoms. The number of piperidine rings is 1. The van der Waals surface area contributed by atoms with Crippen LogP contribution in [0.1, 0.15) is 92.8 Å². The number of benzene rings is 2. The van der Waals surface area contributed by atoms with E-state index in [1.807, 2.05) is 40.7 Å². The third kappa shape index (κ3) is 7.61. The van der Waals surface area contributed by atoms with Gasteiger partial charge in [0.05, 0.1) is 17.0 Å². The van der Waals surface area contributed by atoms with E-state index in [2.05, 4.69) is 57.8 Å². The predicted molar refractivity (Wildman–Crippen MR) is 182 cm³/mol. The molecule has 0 bridgehead atoms. The summed E-state index contributed by atoms with van der Waals surface area (Å²) in [5.74, 6) is -1.20. The van der Waals surface area contributed by atoms with E-state index in [-0.39, 0.29) is 11.2 Å². The molecule has 3 aromatic rings. The Morgan fingerprint density at radius 3 is 2.42 bits per heavy atom. The first kappa shape index (κ1) is 33.6. The largest absolute Gasteiger partial charge is 0.479 e. The molecule has 5 rings (SSSR count). The fraction of sp³-hybridized carbons (Fsp3) is 0.514. The molecule has 3 heterocycles. The number of nitrogens with zero attached hydrogens (tertiary/aromatic N) is 3. The number of rotatable bonds is 8. The molecule has 2 aliphatic rings. The van der Waals surface area contributed by atoms with Crippen LogP contribution >= 0.6 is 15.9 Å². The molecule has 0 aliphatic carbocycles. The number of aromatic nitrogens is 1. The smallest absolute Gasteiger partial charge is 0.337 e. The zero-order valence-corrected chi connectivity index (χ0v) is 29.4. The van der Waals surface area contributed by atoms with Gasteiger partial charge in [0, 0.05) is 54.9 Å². The third-order valence-corrected chi connectivity index (χ3v) is 9.81. The minimum atomic E-state index is -1.15. The zero-order valence-electron chi connectivity index (χ0n) is 27.8. The summed E-state index contributed by atoms with van der Waals surface area (Å²) in [7, 11) is 0. The van der Waals surface area contributed by atoms with Crippen LogP contribution in [0.4, 0.5) is 10.1 Å². The number of carboxylic acids is 1. The second-order valence-corrected chi connectivity index (χ2v) is 15.1. The van der Waals surface area contributed by atoms with Gasteiger partial charge in [-0.2, -0.15) is 0 Å². The normalized spacial score (nSPS) is 17.7. The highest BCUT2D eigenvalue weighted by molar-refractivity contribution is 9.08. The number of hydrogen-bond acceptors (Lipinski definition) is 5. The number of aliphatic carboxylic acids is 1. The highest BCUT2D eigenvalue weighted by Crippen LogP contribution is 2.46. The molecule has 2 aromatic carbocycles. The van der Waals surface area contributed by atoms with E-state index in [1.54, 1.807) is 12.1 Å². The molecular weight excluding hydrogens is 633 g/mol. The molecule has 1 unspecified atom stereocenters. The SMILES string of the molecule is Cc1cc(F)ccc1CN1CCc2cc(-c3c(CBr)nc(C)c(C(OC(C)(C)C)C(=O)O)c3N3CCC(C)(C)CC3)ccc2C1. The van der Waals surface area contributed by atoms with Crippen LogP contribution in [-0.2, 0) is 34.4 Å². The Kier molecular flexibility index (Phi) is 9.79. The number of ether oxygens (including phenoxy) is 1. The zero-order chi connectivity index (χ0) is 32.7. The van der Waals surface area contributed by atoms with E-state index >= 15 is 0 Å². The summed E-state index contributed by atoms with van der Waals surface area (Å²) in [6.45, 7) is 18.4. The van der Waals surface area contributed by atoms with Crippen LogP contribution in [0, 0.1) is 25.1 Å². The van der Waals surface area contributed by atoms with Gasteiger partial charge in [-0.3, -0.25) is 9.88 Å². The van der Waals surface area contributed by atoms with Crippen molar-refractivity contribution in [1.29, 1.82) is 0 Å². The summed E-state index contributed by atoms with van der Waals surface area (Å²) in [5, 5.41) is 11.1. The molecule has 0 saturated carbocycles. The van der Waals surface area contributed by atoms with Crippen LogP contribution in [0.25, 0.3) is 11.1 Å². The summed E-state index contributed by atoms with van der Waals surface area (Å²) >= 11 is 3.72. The fourth-order valence-electron chi connectivity index (χ4n) is 6.71. The number of fused-ring (bicyclic) bond motifs is 1. The molecule has 1 fully saturated rings. The first-order chi connectivity index (χ1) is 21.2. The maximum absolute atomic E-state index is 13.7. The van der Waals surface area contributed by atoms with Crippen molar-refractivity contribution in [2.75, 3.05) is 24.5 Å². The lowest BCUT2D eigenvalue weighted by Crippen LogP contribution is -2.39. The Balaban J connectivity index is 1.59. The van der Waals surface area contributed by atoms with Crippen molar-refractivity contribution in [3.05, 3.63) is 81.4 Å². The number of aryl methyl sites for hydroxylation is 2. The molecule has 1 atom stereocenters. The van der Waals surface area contributed by atoms with Gasteiger partial charge in [-0.05, 0) is 99.2 Å². The second-order valence-electron chi connectivity index (χ2n) is 14.5. The standard InChI is InChI=1S/C37H47BrFN3O3/c1-23-18-29(39)11-10-27(23)21-41-15-12-25-19-26(8-9-28(25)22-41)32-30(20-38)40-24(2)31(34(35(43)44)45-36(3,4)5)33(32)42-16-13-37(6,7)14-17-42/h8-11,18-19,34H,12-17,20-22H2,1-7H3,(H,43,44). The average molecular weight is 681 g/mol. The molecule has 6 nitrogen and oxygen atoms in total. The molecule has 0 amide bonds. The number of carbonyl (C=O) groups is 1. The maximum atomic E-state index is 13.7. The molecule has 2 aliphatic heterocycles. The molecular formula is C37H47BrFN3O3. The van der Waals surface area contributed by atoms with E-state index in [0.717, 1.165) is 85.6 Å². The van der Waals surface area contributed by atoms with Crippen molar-refractivity contribution in [1.82, 2.24) is 9.88 Å². The van der Waals surface area contributed by atoms with Crippen molar-refractivity contribution in [2.45, 2.75) is 97.9 Å². The van der Waals surface area contributed by atoms with Crippen LogP contribution < -0.4 is 4.90 Å². The summed E-state index contributed by atoms with van der Waals surface area (Å²) in [4.78, 5) is 22.7. The first-order valence-electron chi connectivity index (χ1n) is 16.0. The van der Waals surface area contributed by atoms with E-state index in [1.165, 1.54) is 11.1 Å². The predicted octanol–water partition coefficient (Wildman–Crippen LogP) is 8.52. The lowest BCUT2D eigenvalue weighted by atomic mass is 9.81. The molecule has 242 valence electrons. The van der Waals surface area contributed by atoms with E-state index in [0.29, 0.717) is 16.6 Å². The summed E-state index contributed by atoms with van der Waals surface area (Å²) in [5.41, 5.74) is 9.51. The van der Waals surface area contributed by atoms with Crippen molar-refractivity contribution in [3.63, 3.8) is 0 Å². The first-order valence-corrected chi connectivity index (χ1v) is 17.1. The van der Waals surface area contributed by atoms with Gasteiger partial charge < -0.3 is 14.7 Å². The lowest BCUT2D eigenvalue weighted by Gasteiger charge is -2.41. The van der Waals surface area contributed by atoms with Gasteiger partial charge in [0.2, 0.25) is 0 Å². The Hall–Kier alpha value is -2.81. The van der Waals surface area contributed by atoms with Crippen LogP contribution in [0.15, 0.2) is 36.4 Å². The Morgan fingerprint density at radius 2 is 1.80 bits per heavy atom. The van der Waals surface area contributed by atoms with Gasteiger partial charge in [-0.15, -0.1) is 0 Å². The fourth-order valence-corrected chi connectivity index (χ4v) is 7.11. The number of carboxylic acid groups (broad SMARTS) is 1. The quantitative estimate of drug-likeness (QED) is 0.241. The third-order valence-electron chi connectivity index (χ3n) is 9.28. The molecule has 45 heavy (non-hydrogen) atoms. The lowest BCUT2D eigenvalue weighted by molar-refractivity contribution is -0.160. The van der Waals surface area contributed by atoms with Crippen molar-refractivity contribution in [2.24, 2.45) is 5.41 Å². The van der Waals surface area contributed by atoms with Gasteiger partial charge in [-0.25, -0.2) is 9.18 Å². The minimum absolute atomic E-state index is 0.198. The van der Waals surface area contributed by atoms with Crippen molar-refractivity contribution in [3.8, 4) is 11.1 Å². The van der Waals surface area contributed by atoms with Gasteiger partial charge in [0.25, 0.3) is 0 Å². The molecule has 1 N–H and O–H groups in total. The molecule has 1 aromatic heterocycles. The Morgan fingerprint density at radius 1 is 1.09 bits per heavy atom. The van der Waals surface area contributed by atoms with Gasteiger partial charge in [0.1, 0.15) is 5.82 Å². The highest BCUT2D eigenvalue weighted by Gasteiger charge is 2.37. The minimum Gasteiger partial charge on any atom is -0.479 e. The number of halogens is 2. The van der Waals surface area contributed by atoms with Gasteiger partial charge in [-0.1, -0.05) is 54.0 Å². The monoisotopic (exact) mass is 679 g/mol. The van der Waals surface area contributed by atoms with Crippen LogP contribution in [0.5, 0.6) is 0 Å². The van der Waals surface area contributed by atoms with Crippen LogP contribution in [0.2, 0.25) is 0 Å². The molecule has 1 saturated heterocycles. The number of alkyl halides is 1. The van der Waals surface area contributed by atoms with E-state index in [4.69, 9.17) is 9.72 Å². The molecule has 0 spiro atoms. The van der Waals surface area contributed by atoms with Crippen molar-refractivity contribution >= 4 is 27.6 Å². The summed E-state index contributed by atoms with van der Waals surface area (Å²) in [6, 6.07) is 11.7. The number of pyridine rings is 1. The average Bonchev–Trinajstić information content (AvgIpc) is 2.96. The number of hydrogen-bond donors (Lipinski definition) is 1. The summed E-state index contributed by atoms with van der Waals surface area (Å²) < 4.78 is 19.9. The second kappa shape index (κ2) is 13.1.